The Hall–Kier alpha value is -6.79. The minimum Gasteiger partial charge on any atom is -0.490 e. The summed E-state index contributed by atoms with van der Waals surface area (Å²) >= 11 is 1.54. The van der Waals surface area contributed by atoms with Gasteiger partial charge in [0.05, 0.1) is 24.6 Å². The molecule has 3 aliphatic heterocycles. The average molecular weight is 951 g/mol. The van der Waals surface area contributed by atoms with Crippen molar-refractivity contribution in [1.82, 2.24) is 29.7 Å². The van der Waals surface area contributed by atoms with Gasteiger partial charge in [0.1, 0.15) is 23.8 Å². The second-order valence-electron chi connectivity index (χ2n) is 18.3. The number of pyridine rings is 3. The predicted molar refractivity (Wildman–Crippen MR) is 262 cm³/mol. The lowest BCUT2D eigenvalue weighted by Gasteiger charge is -2.31. The van der Waals surface area contributed by atoms with E-state index in [1.54, 1.807) is 44.2 Å². The van der Waals surface area contributed by atoms with Gasteiger partial charge in [-0.15, -0.1) is 11.3 Å². The molecular formula is C52H52BFN6O8S. The fourth-order valence-electron chi connectivity index (χ4n) is 8.97. The van der Waals surface area contributed by atoms with E-state index < -0.39 is 18.5 Å². The summed E-state index contributed by atoms with van der Waals surface area (Å²) < 4.78 is 33.9. The van der Waals surface area contributed by atoms with Crippen LogP contribution < -0.4 is 10.2 Å². The van der Waals surface area contributed by atoms with Crippen molar-refractivity contribution >= 4 is 51.9 Å². The third-order valence-electron chi connectivity index (χ3n) is 12.4. The van der Waals surface area contributed by atoms with Gasteiger partial charge >= 0.3 is 13.2 Å². The molecule has 4 aromatic heterocycles. The highest BCUT2D eigenvalue weighted by Crippen LogP contribution is 2.46. The van der Waals surface area contributed by atoms with E-state index in [2.05, 4.69) is 23.7 Å². The molecule has 0 saturated heterocycles. The number of nitrogens with zero attached hydrogens (tertiary/aromatic N) is 6. The molecule has 0 saturated carbocycles. The van der Waals surface area contributed by atoms with Crippen molar-refractivity contribution in [3.8, 4) is 39.4 Å². The largest absolute Gasteiger partial charge is 0.490 e. The number of ether oxygens (including phenoxy) is 3. The van der Waals surface area contributed by atoms with Crippen molar-refractivity contribution in [2.45, 2.75) is 65.3 Å². The van der Waals surface area contributed by atoms with Gasteiger partial charge in [-0.05, 0) is 91.2 Å². The summed E-state index contributed by atoms with van der Waals surface area (Å²) in [5, 5.41) is 22.0. The summed E-state index contributed by atoms with van der Waals surface area (Å²) in [5.74, 6) is -0.543. The number of halogens is 1. The number of rotatable bonds is 12. The lowest BCUT2D eigenvalue weighted by molar-refractivity contribution is -0.127. The Kier molecular flexibility index (Phi) is 13.7. The number of carbonyl (C=O) groups is 3. The van der Waals surface area contributed by atoms with Gasteiger partial charge in [0.25, 0.3) is 0 Å². The van der Waals surface area contributed by atoms with Crippen LogP contribution in [-0.4, -0.2) is 110 Å². The topological polar surface area (TPSA) is 168 Å². The summed E-state index contributed by atoms with van der Waals surface area (Å²) in [5.41, 5.74) is 9.59. The zero-order valence-corrected chi connectivity index (χ0v) is 39.6. The van der Waals surface area contributed by atoms with E-state index >= 15 is 4.39 Å². The van der Waals surface area contributed by atoms with Crippen molar-refractivity contribution in [3.05, 3.63) is 137 Å². The highest BCUT2D eigenvalue weighted by Gasteiger charge is 2.29. The molecule has 69 heavy (non-hydrogen) atoms. The molecule has 14 nitrogen and oxygen atoms in total. The predicted octanol–water partition coefficient (Wildman–Crippen LogP) is 6.81. The molecule has 2 N–H and O–H groups in total. The number of amides is 3. The average Bonchev–Trinajstić information content (AvgIpc) is 3.84. The van der Waals surface area contributed by atoms with Crippen LogP contribution in [0, 0.1) is 5.82 Å². The smallest absolute Gasteiger partial charge is 0.490 e. The minimum absolute atomic E-state index is 0.0790. The van der Waals surface area contributed by atoms with Crippen LogP contribution in [0.3, 0.4) is 0 Å². The normalized spacial score (nSPS) is 14.6. The second-order valence-corrected chi connectivity index (χ2v) is 19.2. The van der Waals surface area contributed by atoms with Crippen LogP contribution in [0.5, 0.6) is 5.75 Å². The van der Waals surface area contributed by atoms with E-state index in [9.17, 15) is 24.4 Å². The van der Waals surface area contributed by atoms with Crippen LogP contribution >= 0.6 is 11.3 Å². The number of hydrogen-bond donors (Lipinski definition) is 2. The molecule has 0 fully saturated rings. The first-order valence-electron chi connectivity index (χ1n) is 22.9. The van der Waals surface area contributed by atoms with E-state index in [4.69, 9.17) is 24.2 Å². The summed E-state index contributed by atoms with van der Waals surface area (Å²) in [6, 6.07) is 16.4. The number of carbonyl (C=O) groups excluding carboxylic acids is 3. The summed E-state index contributed by atoms with van der Waals surface area (Å²) in [6.45, 7) is 12.3. The van der Waals surface area contributed by atoms with Crippen LogP contribution in [0.2, 0.25) is 0 Å². The third-order valence-corrected chi connectivity index (χ3v) is 13.3. The highest BCUT2D eigenvalue weighted by molar-refractivity contribution is 7.18. The first kappa shape index (κ1) is 47.3. The second kappa shape index (κ2) is 20.0. The highest BCUT2D eigenvalue weighted by atomic mass is 32.1. The zero-order chi connectivity index (χ0) is 48.4. The van der Waals surface area contributed by atoms with Gasteiger partial charge in [-0.2, -0.15) is 0 Å². The van der Waals surface area contributed by atoms with Crippen molar-refractivity contribution < 1.29 is 43.0 Å². The zero-order valence-electron chi connectivity index (χ0n) is 38.7. The Bertz CT molecular complexity index is 3010. The van der Waals surface area contributed by atoms with Gasteiger partial charge in [0.2, 0.25) is 11.8 Å². The monoisotopic (exact) mass is 950 g/mol. The molecule has 0 radical (unpaired) electrons. The van der Waals surface area contributed by atoms with Crippen LogP contribution in [-0.2, 0) is 58.0 Å². The van der Waals surface area contributed by atoms with Gasteiger partial charge in [-0.3, -0.25) is 19.6 Å². The van der Waals surface area contributed by atoms with E-state index in [1.165, 1.54) is 30.5 Å². The molecule has 3 aliphatic rings. The molecule has 9 rings (SSSR count). The van der Waals surface area contributed by atoms with Gasteiger partial charge in [0.15, 0.2) is 0 Å². The Morgan fingerprint density at radius 2 is 1.52 bits per heavy atom. The van der Waals surface area contributed by atoms with E-state index in [1.807, 2.05) is 50.5 Å². The number of aromatic nitrogens is 3. The number of fused-ring (bicyclic) bond motifs is 4. The minimum atomic E-state index is -1.64. The van der Waals surface area contributed by atoms with E-state index in [-0.39, 0.29) is 43.2 Å². The fraction of sp³-hybridized carbons (Fsp3) is 0.308. The van der Waals surface area contributed by atoms with Crippen LogP contribution in [0.15, 0.2) is 97.2 Å². The quantitative estimate of drug-likeness (QED) is 0.0752. The maximum Gasteiger partial charge on any atom is 0.490 e. The van der Waals surface area contributed by atoms with Crippen molar-refractivity contribution in [1.29, 1.82) is 0 Å². The first-order chi connectivity index (χ1) is 33.2. The molecule has 0 aliphatic carbocycles. The maximum absolute atomic E-state index is 15.2. The first-order valence-corrected chi connectivity index (χ1v) is 23.8. The molecule has 7 heterocycles. The lowest BCUT2D eigenvalue weighted by Crippen LogP contribution is -2.39. The Labute approximate surface area is 403 Å². The molecule has 0 unspecified atom stereocenters. The molecule has 0 atom stereocenters. The summed E-state index contributed by atoms with van der Waals surface area (Å²) in [6.07, 6.45) is 9.12. The van der Waals surface area contributed by atoms with Gasteiger partial charge in [-0.1, -0.05) is 30.9 Å². The Morgan fingerprint density at radius 3 is 2.28 bits per heavy atom. The van der Waals surface area contributed by atoms with Crippen LogP contribution in [0.1, 0.15) is 54.4 Å². The van der Waals surface area contributed by atoms with Crippen molar-refractivity contribution in [3.63, 3.8) is 0 Å². The number of benzene rings is 2. The molecule has 3 amide bonds. The number of hydrogen-bond acceptors (Lipinski definition) is 12. The Morgan fingerprint density at radius 1 is 0.812 bits per heavy atom. The maximum atomic E-state index is 15.2. The molecule has 0 spiro atoms. The van der Waals surface area contributed by atoms with Crippen molar-refractivity contribution in [2.75, 3.05) is 39.5 Å². The standard InChI is InChI=1S/C52H52BFN6O8S/c1-5-45(61)58-17-13-42-36(30-58)24-35(27-55-42)49-47(50-41(15-22-69-50)48(57-49)33-8-9-34-29-60(16-12-32(34)23-33)51(63)68-52(2,3)4)40-11-10-39(54)26-44(40)67-21-20-66-19-6-7-46(62)59-18-14-43-37(31-59)25-38(28-56-43)53(64)65/h5-11,15,22-28,64-65H,1,12-14,16-21,29-31H2,2-4H3/b7-6-. The number of thiophene rings is 1. The van der Waals surface area contributed by atoms with E-state index in [0.717, 1.165) is 66.1 Å². The van der Waals surface area contributed by atoms with Gasteiger partial charge < -0.3 is 39.0 Å². The van der Waals surface area contributed by atoms with Crippen molar-refractivity contribution in [2.24, 2.45) is 0 Å². The summed E-state index contributed by atoms with van der Waals surface area (Å²) in [4.78, 5) is 58.5. The van der Waals surface area contributed by atoms with Crippen LogP contribution in [0.4, 0.5) is 9.18 Å². The Balaban J connectivity index is 0.982. The molecular weight excluding hydrogens is 898 g/mol. The summed E-state index contributed by atoms with van der Waals surface area (Å²) in [7, 11) is -1.64. The van der Waals surface area contributed by atoms with Gasteiger partial charge in [-0.25, -0.2) is 14.2 Å². The molecule has 6 aromatic rings. The van der Waals surface area contributed by atoms with Crippen LogP contribution in [0.25, 0.3) is 43.7 Å². The third kappa shape index (κ3) is 10.5. The SMILES string of the molecule is C=CC(=O)N1CCc2ncc(-c3nc(-c4ccc5c(c4)CCN(C(=O)OC(C)(C)C)C5)c4ccsc4c3-c3ccc(F)cc3OCCOC/C=C\C(=O)N3CCc4ncc(B(O)O)cc4C3)cc2C1. The van der Waals surface area contributed by atoms with Gasteiger partial charge in [0, 0.05) is 126 Å². The fourth-order valence-corrected chi connectivity index (χ4v) is 9.93. The molecule has 354 valence electrons. The van der Waals surface area contributed by atoms with E-state index in [0.29, 0.717) is 75.5 Å². The molecule has 17 heteroatoms. The lowest BCUT2D eigenvalue weighted by atomic mass is 9.80. The molecule has 0 bridgehead atoms. The molecule has 2 aromatic carbocycles.